The van der Waals surface area contributed by atoms with Crippen LogP contribution in [0.5, 0.6) is 0 Å². The van der Waals surface area contributed by atoms with Crippen LogP contribution in [-0.4, -0.2) is 35.0 Å². The molecule has 0 radical (unpaired) electrons. The van der Waals surface area contributed by atoms with Crippen LogP contribution in [-0.2, 0) is 16.0 Å². The molecule has 0 bridgehead atoms. The Bertz CT molecular complexity index is 560. The molecule has 1 saturated heterocycles. The smallest absolute Gasteiger partial charge is 0.410 e. The van der Waals surface area contributed by atoms with Crippen LogP contribution in [0, 0.1) is 6.92 Å². The molecule has 0 N–H and O–H groups in total. The second kappa shape index (κ2) is 6.51. The number of carbonyl (C=O) groups excluding carboxylic acids is 2. The van der Waals surface area contributed by atoms with Gasteiger partial charge in [0, 0.05) is 13.0 Å². The highest BCUT2D eigenvalue weighted by Crippen LogP contribution is 2.23. The fourth-order valence-electron chi connectivity index (χ4n) is 2.75. The van der Waals surface area contributed by atoms with Crippen LogP contribution in [0.25, 0.3) is 0 Å². The lowest BCUT2D eigenvalue weighted by molar-refractivity contribution is -0.122. The number of likely N-dealkylation sites (tertiary alicyclic amines) is 1. The number of Topliss-reactive ketones (excluding diaryl/α,β-unsaturated/α-hetero) is 1. The van der Waals surface area contributed by atoms with Gasteiger partial charge in [-0.1, -0.05) is 24.3 Å². The summed E-state index contributed by atoms with van der Waals surface area (Å²) >= 11 is 0. The topological polar surface area (TPSA) is 46.6 Å². The number of carbonyl (C=O) groups is 2. The van der Waals surface area contributed by atoms with E-state index in [0.717, 1.165) is 24.0 Å². The van der Waals surface area contributed by atoms with Gasteiger partial charge in [-0.05, 0) is 51.7 Å². The zero-order chi connectivity index (χ0) is 16.3. The summed E-state index contributed by atoms with van der Waals surface area (Å²) in [6.07, 6.45) is 1.57. The van der Waals surface area contributed by atoms with Gasteiger partial charge in [0.2, 0.25) is 0 Å². The Morgan fingerprint density at radius 1 is 1.27 bits per heavy atom. The summed E-state index contributed by atoms with van der Waals surface area (Å²) in [5.41, 5.74) is 1.60. The minimum Gasteiger partial charge on any atom is -0.444 e. The average Bonchev–Trinajstić information content (AvgIpc) is 2.89. The molecule has 1 aromatic rings. The Hall–Kier alpha value is -1.84. The van der Waals surface area contributed by atoms with Gasteiger partial charge in [-0.25, -0.2) is 4.79 Å². The molecule has 0 spiro atoms. The van der Waals surface area contributed by atoms with Gasteiger partial charge >= 0.3 is 6.09 Å². The monoisotopic (exact) mass is 303 g/mol. The highest BCUT2D eigenvalue weighted by molar-refractivity contribution is 5.89. The minimum absolute atomic E-state index is 0.0951. The van der Waals surface area contributed by atoms with Crippen LogP contribution in [0.3, 0.4) is 0 Å². The standard InChI is InChI=1S/C18H25NO3/c1-13-8-5-6-9-14(13)12-16(20)15-10-7-11-19(15)17(21)22-18(2,3)4/h5-6,8-9,15H,7,10-12H2,1-4H3/t15-/m0/s1. The third-order valence-corrected chi connectivity index (χ3v) is 3.88. The van der Waals surface area contributed by atoms with E-state index < -0.39 is 5.60 Å². The van der Waals surface area contributed by atoms with Crippen LogP contribution >= 0.6 is 0 Å². The normalized spacial score (nSPS) is 18.4. The van der Waals surface area contributed by atoms with E-state index in [2.05, 4.69) is 0 Å². The van der Waals surface area contributed by atoms with Crippen LogP contribution in [0.4, 0.5) is 4.79 Å². The molecule has 120 valence electrons. The molecule has 1 aromatic carbocycles. The molecule has 0 unspecified atom stereocenters. The van der Waals surface area contributed by atoms with Gasteiger partial charge in [-0.2, -0.15) is 0 Å². The number of ketones is 1. The second-order valence-electron chi connectivity index (χ2n) is 6.90. The zero-order valence-electron chi connectivity index (χ0n) is 13.9. The molecule has 1 aliphatic rings. The van der Waals surface area contributed by atoms with Gasteiger partial charge in [0.05, 0.1) is 6.04 Å². The Labute approximate surface area is 132 Å². The first-order valence-electron chi connectivity index (χ1n) is 7.85. The molecule has 0 aliphatic carbocycles. The van der Waals surface area contributed by atoms with Gasteiger partial charge in [0.25, 0.3) is 0 Å². The first-order chi connectivity index (χ1) is 10.3. The fraction of sp³-hybridized carbons (Fsp3) is 0.556. The Morgan fingerprint density at radius 3 is 2.59 bits per heavy atom. The molecule has 1 amide bonds. The molecule has 1 atom stereocenters. The Balaban J connectivity index is 2.05. The lowest BCUT2D eigenvalue weighted by Gasteiger charge is -2.28. The summed E-state index contributed by atoms with van der Waals surface area (Å²) in [5.74, 6) is 0.0951. The van der Waals surface area contributed by atoms with Crippen molar-refractivity contribution >= 4 is 11.9 Å². The van der Waals surface area contributed by atoms with Crippen LogP contribution in [0.15, 0.2) is 24.3 Å². The van der Waals surface area contributed by atoms with E-state index in [1.165, 1.54) is 0 Å². The molecule has 1 heterocycles. The maximum Gasteiger partial charge on any atom is 0.410 e. The van der Waals surface area contributed by atoms with E-state index >= 15 is 0 Å². The van der Waals surface area contributed by atoms with Gasteiger partial charge in [-0.3, -0.25) is 9.69 Å². The minimum atomic E-state index is -0.538. The highest BCUT2D eigenvalue weighted by atomic mass is 16.6. The number of benzene rings is 1. The van der Waals surface area contributed by atoms with Crippen LogP contribution < -0.4 is 0 Å². The maximum absolute atomic E-state index is 12.6. The number of rotatable bonds is 3. The largest absolute Gasteiger partial charge is 0.444 e. The molecule has 22 heavy (non-hydrogen) atoms. The Morgan fingerprint density at radius 2 is 1.95 bits per heavy atom. The Kier molecular flexibility index (Phi) is 4.89. The van der Waals surface area contributed by atoms with E-state index in [1.807, 2.05) is 52.0 Å². The van der Waals surface area contributed by atoms with Crippen molar-refractivity contribution in [3.63, 3.8) is 0 Å². The van der Waals surface area contributed by atoms with E-state index in [0.29, 0.717) is 13.0 Å². The molecular weight excluding hydrogens is 278 g/mol. The van der Waals surface area contributed by atoms with Crippen molar-refractivity contribution in [1.29, 1.82) is 0 Å². The molecule has 4 nitrogen and oxygen atoms in total. The quantitative estimate of drug-likeness (QED) is 0.858. The summed E-state index contributed by atoms with van der Waals surface area (Å²) in [6.45, 7) is 8.11. The number of nitrogens with zero attached hydrogens (tertiary/aromatic N) is 1. The molecule has 4 heteroatoms. The van der Waals surface area contributed by atoms with E-state index in [-0.39, 0.29) is 17.9 Å². The number of hydrogen-bond acceptors (Lipinski definition) is 3. The molecule has 1 aliphatic heterocycles. The van der Waals surface area contributed by atoms with E-state index in [1.54, 1.807) is 4.90 Å². The summed E-state index contributed by atoms with van der Waals surface area (Å²) < 4.78 is 5.41. The van der Waals surface area contributed by atoms with Crippen molar-refractivity contribution in [2.45, 2.75) is 58.6 Å². The number of ether oxygens (including phenoxy) is 1. The van der Waals surface area contributed by atoms with E-state index in [9.17, 15) is 9.59 Å². The van der Waals surface area contributed by atoms with E-state index in [4.69, 9.17) is 4.74 Å². The van der Waals surface area contributed by atoms with Crippen molar-refractivity contribution in [2.24, 2.45) is 0 Å². The number of hydrogen-bond donors (Lipinski definition) is 0. The SMILES string of the molecule is Cc1ccccc1CC(=O)[C@@H]1CCCN1C(=O)OC(C)(C)C. The summed E-state index contributed by atoms with van der Waals surface area (Å²) in [6, 6.07) is 7.53. The lowest BCUT2D eigenvalue weighted by atomic mass is 9.99. The van der Waals surface area contributed by atoms with Crippen LogP contribution in [0.1, 0.15) is 44.7 Å². The van der Waals surface area contributed by atoms with Crippen LogP contribution in [0.2, 0.25) is 0 Å². The van der Waals surface area contributed by atoms with Crippen molar-refractivity contribution < 1.29 is 14.3 Å². The zero-order valence-corrected chi connectivity index (χ0v) is 13.9. The van der Waals surface area contributed by atoms with Crippen molar-refractivity contribution in [2.75, 3.05) is 6.54 Å². The average molecular weight is 303 g/mol. The van der Waals surface area contributed by atoms with Gasteiger partial charge < -0.3 is 4.74 Å². The fourth-order valence-corrected chi connectivity index (χ4v) is 2.75. The number of aryl methyl sites for hydroxylation is 1. The van der Waals surface area contributed by atoms with Gasteiger partial charge in [0.1, 0.15) is 5.60 Å². The molecule has 0 saturated carbocycles. The molecular formula is C18H25NO3. The third-order valence-electron chi connectivity index (χ3n) is 3.88. The molecule has 2 rings (SSSR count). The third kappa shape index (κ3) is 4.09. The molecule has 0 aromatic heterocycles. The number of amides is 1. The highest BCUT2D eigenvalue weighted by Gasteiger charge is 2.36. The second-order valence-corrected chi connectivity index (χ2v) is 6.90. The first kappa shape index (κ1) is 16.5. The summed E-state index contributed by atoms with van der Waals surface area (Å²) in [5, 5.41) is 0. The molecule has 1 fully saturated rings. The first-order valence-corrected chi connectivity index (χ1v) is 7.85. The van der Waals surface area contributed by atoms with Gasteiger partial charge in [0.15, 0.2) is 5.78 Å². The predicted molar refractivity (Wildman–Crippen MR) is 85.9 cm³/mol. The van der Waals surface area contributed by atoms with Crippen molar-refractivity contribution in [1.82, 2.24) is 4.90 Å². The predicted octanol–water partition coefficient (Wildman–Crippen LogP) is 3.51. The maximum atomic E-state index is 12.6. The van der Waals surface area contributed by atoms with Gasteiger partial charge in [-0.15, -0.1) is 0 Å². The summed E-state index contributed by atoms with van der Waals surface area (Å²) in [7, 11) is 0. The van der Waals surface area contributed by atoms with Crippen molar-refractivity contribution in [3.05, 3.63) is 35.4 Å². The summed E-state index contributed by atoms with van der Waals surface area (Å²) in [4.78, 5) is 26.4. The van der Waals surface area contributed by atoms with Crippen molar-refractivity contribution in [3.8, 4) is 0 Å². The lowest BCUT2D eigenvalue weighted by Crippen LogP contribution is -2.43.